The first kappa shape index (κ1) is 18.4. The fourth-order valence-electron chi connectivity index (χ4n) is 3.80. The van der Waals surface area contributed by atoms with Gasteiger partial charge in [-0.3, -0.25) is 14.5 Å². The second kappa shape index (κ2) is 8.34. The Morgan fingerprint density at radius 2 is 1.85 bits per heavy atom. The lowest BCUT2D eigenvalue weighted by Crippen LogP contribution is -2.46. The van der Waals surface area contributed by atoms with Crippen molar-refractivity contribution < 1.29 is 14.4 Å². The molecule has 0 unspecified atom stereocenters. The van der Waals surface area contributed by atoms with Crippen LogP contribution in [0.15, 0.2) is 30.3 Å². The van der Waals surface area contributed by atoms with Gasteiger partial charge in [0.25, 0.3) is 5.91 Å². The van der Waals surface area contributed by atoms with Gasteiger partial charge in [-0.25, -0.2) is 4.79 Å². The number of amides is 4. The largest absolute Gasteiger partial charge is 0.341 e. The molecule has 1 N–H and O–H groups in total. The van der Waals surface area contributed by atoms with Crippen molar-refractivity contribution in [3.8, 4) is 0 Å². The Bertz CT molecular complexity index is 656. The van der Waals surface area contributed by atoms with E-state index in [-0.39, 0.29) is 24.4 Å². The van der Waals surface area contributed by atoms with E-state index in [4.69, 9.17) is 0 Å². The van der Waals surface area contributed by atoms with Gasteiger partial charge >= 0.3 is 6.03 Å². The molecule has 1 atom stereocenters. The molecule has 1 aromatic carbocycles. The summed E-state index contributed by atoms with van der Waals surface area (Å²) in [7, 11) is 1.78. The van der Waals surface area contributed by atoms with Crippen molar-refractivity contribution >= 4 is 17.8 Å². The van der Waals surface area contributed by atoms with Crippen molar-refractivity contribution in [2.24, 2.45) is 0 Å². The number of urea groups is 1. The second-order valence-electron chi connectivity index (χ2n) is 7.25. The van der Waals surface area contributed by atoms with Crippen LogP contribution in [0.25, 0.3) is 0 Å². The van der Waals surface area contributed by atoms with Gasteiger partial charge < -0.3 is 10.2 Å². The zero-order valence-corrected chi connectivity index (χ0v) is 15.3. The zero-order valence-electron chi connectivity index (χ0n) is 15.3. The second-order valence-corrected chi connectivity index (χ2v) is 7.25. The smallest absolute Gasteiger partial charge is 0.325 e. The topological polar surface area (TPSA) is 69.7 Å². The van der Waals surface area contributed by atoms with Crippen LogP contribution in [0.3, 0.4) is 0 Å². The molecule has 3 rings (SSSR count). The average molecular weight is 357 g/mol. The van der Waals surface area contributed by atoms with Crippen LogP contribution in [0.1, 0.15) is 44.1 Å². The van der Waals surface area contributed by atoms with Crippen molar-refractivity contribution in [1.82, 2.24) is 15.1 Å². The minimum Gasteiger partial charge on any atom is -0.341 e. The van der Waals surface area contributed by atoms with Crippen LogP contribution in [0, 0.1) is 0 Å². The summed E-state index contributed by atoms with van der Waals surface area (Å²) in [6.07, 6.45) is 6.73. The molecule has 0 radical (unpaired) electrons. The molecule has 26 heavy (non-hydrogen) atoms. The molecule has 1 saturated heterocycles. The molecule has 140 valence electrons. The van der Waals surface area contributed by atoms with Crippen molar-refractivity contribution in [3.63, 3.8) is 0 Å². The molecule has 2 fully saturated rings. The molecule has 0 spiro atoms. The average Bonchev–Trinajstić information content (AvgIpc) is 2.94. The summed E-state index contributed by atoms with van der Waals surface area (Å²) in [4.78, 5) is 40.0. The van der Waals surface area contributed by atoms with E-state index in [2.05, 4.69) is 5.32 Å². The Morgan fingerprint density at radius 3 is 2.54 bits per heavy atom. The summed E-state index contributed by atoms with van der Waals surface area (Å²) in [5.41, 5.74) is 1.13. The van der Waals surface area contributed by atoms with Crippen LogP contribution in [-0.2, 0) is 16.0 Å². The highest BCUT2D eigenvalue weighted by atomic mass is 16.2. The van der Waals surface area contributed by atoms with Crippen LogP contribution >= 0.6 is 0 Å². The van der Waals surface area contributed by atoms with Crippen molar-refractivity contribution in [2.45, 2.75) is 57.0 Å². The van der Waals surface area contributed by atoms with Gasteiger partial charge in [0, 0.05) is 13.1 Å². The van der Waals surface area contributed by atoms with E-state index >= 15 is 0 Å². The first-order valence-electron chi connectivity index (χ1n) is 9.47. The Hall–Kier alpha value is -2.37. The van der Waals surface area contributed by atoms with E-state index in [9.17, 15) is 14.4 Å². The molecule has 1 saturated carbocycles. The fraction of sp³-hybridized carbons (Fsp3) is 0.550. The Kier molecular flexibility index (Phi) is 5.91. The van der Waals surface area contributed by atoms with Gasteiger partial charge in [-0.05, 0) is 31.2 Å². The van der Waals surface area contributed by atoms with Gasteiger partial charge in [0.15, 0.2) is 0 Å². The minimum absolute atomic E-state index is 0.163. The van der Waals surface area contributed by atoms with E-state index in [0.717, 1.165) is 36.1 Å². The minimum atomic E-state index is -0.546. The predicted octanol–water partition coefficient (Wildman–Crippen LogP) is 2.33. The van der Waals surface area contributed by atoms with Crippen LogP contribution < -0.4 is 5.32 Å². The number of carbonyl (C=O) groups excluding carboxylic acids is 3. The molecule has 6 heteroatoms. The molecule has 1 heterocycles. The van der Waals surface area contributed by atoms with Gasteiger partial charge in [0.05, 0.1) is 0 Å². The Labute approximate surface area is 154 Å². The lowest BCUT2D eigenvalue weighted by molar-refractivity contribution is -0.138. The molecule has 6 nitrogen and oxygen atoms in total. The maximum absolute atomic E-state index is 12.5. The highest BCUT2D eigenvalue weighted by molar-refractivity contribution is 6.06. The number of hydrogen-bond acceptors (Lipinski definition) is 3. The maximum atomic E-state index is 12.5. The molecule has 1 aliphatic heterocycles. The van der Waals surface area contributed by atoms with E-state index in [1.807, 2.05) is 30.3 Å². The third-order valence-corrected chi connectivity index (χ3v) is 5.48. The lowest BCUT2D eigenvalue weighted by atomic mass is 9.94. The summed E-state index contributed by atoms with van der Waals surface area (Å²) < 4.78 is 0. The van der Waals surface area contributed by atoms with Crippen molar-refractivity contribution in [3.05, 3.63) is 35.9 Å². The molecular formula is C20H27N3O3. The predicted molar refractivity (Wildman–Crippen MR) is 98.4 cm³/mol. The van der Waals surface area contributed by atoms with Gasteiger partial charge in [-0.1, -0.05) is 49.6 Å². The maximum Gasteiger partial charge on any atom is 0.325 e. The normalized spacial score (nSPS) is 21.0. The number of hydrogen-bond donors (Lipinski definition) is 1. The fourth-order valence-corrected chi connectivity index (χ4v) is 3.80. The number of nitrogens with zero attached hydrogens (tertiary/aromatic N) is 2. The van der Waals surface area contributed by atoms with E-state index in [1.54, 1.807) is 11.9 Å². The monoisotopic (exact) mass is 357 g/mol. The standard InChI is InChI=1S/C20H27N3O3/c1-22(16-10-6-3-7-11-16)18(24)14-23-19(25)17(21-20(23)26)13-12-15-8-4-2-5-9-15/h2,4-5,8-9,16-17H,3,6-7,10-14H2,1H3,(H,21,26)/t17-/m0/s1. The molecule has 0 aromatic heterocycles. The summed E-state index contributed by atoms with van der Waals surface area (Å²) in [5.74, 6) is -0.458. The zero-order chi connectivity index (χ0) is 18.5. The SMILES string of the molecule is CN(C(=O)CN1C(=O)N[C@@H](CCc2ccccc2)C1=O)C1CCCCC1. The highest BCUT2D eigenvalue weighted by Crippen LogP contribution is 2.22. The molecule has 2 aliphatic rings. The third kappa shape index (κ3) is 4.23. The van der Waals surface area contributed by atoms with Crippen LogP contribution in [0.5, 0.6) is 0 Å². The van der Waals surface area contributed by atoms with E-state index in [0.29, 0.717) is 12.8 Å². The molecule has 0 bridgehead atoms. The number of aryl methyl sites for hydroxylation is 1. The van der Waals surface area contributed by atoms with Gasteiger partial charge in [0.2, 0.25) is 5.91 Å². The van der Waals surface area contributed by atoms with E-state index in [1.165, 1.54) is 6.42 Å². The number of imide groups is 1. The van der Waals surface area contributed by atoms with E-state index < -0.39 is 12.1 Å². The number of carbonyl (C=O) groups is 3. The summed E-state index contributed by atoms with van der Waals surface area (Å²) in [6, 6.07) is 9.08. The van der Waals surface area contributed by atoms with Crippen LogP contribution in [-0.4, -0.2) is 53.3 Å². The lowest BCUT2D eigenvalue weighted by Gasteiger charge is -2.32. The first-order valence-corrected chi connectivity index (χ1v) is 9.47. The first-order chi connectivity index (χ1) is 12.6. The van der Waals surface area contributed by atoms with Crippen molar-refractivity contribution in [1.29, 1.82) is 0 Å². The number of benzene rings is 1. The number of rotatable bonds is 6. The molecular weight excluding hydrogens is 330 g/mol. The number of likely N-dealkylation sites (N-methyl/N-ethyl adjacent to an activating group) is 1. The van der Waals surface area contributed by atoms with Crippen LogP contribution in [0.2, 0.25) is 0 Å². The van der Waals surface area contributed by atoms with Gasteiger partial charge in [0.1, 0.15) is 12.6 Å². The Morgan fingerprint density at radius 1 is 1.15 bits per heavy atom. The van der Waals surface area contributed by atoms with Gasteiger partial charge in [-0.15, -0.1) is 0 Å². The van der Waals surface area contributed by atoms with Gasteiger partial charge in [-0.2, -0.15) is 0 Å². The summed E-state index contributed by atoms with van der Waals surface area (Å²) >= 11 is 0. The van der Waals surface area contributed by atoms with Crippen LogP contribution in [0.4, 0.5) is 4.79 Å². The third-order valence-electron chi connectivity index (χ3n) is 5.48. The Balaban J connectivity index is 1.54. The molecule has 4 amide bonds. The summed E-state index contributed by atoms with van der Waals surface area (Å²) in [5, 5.41) is 2.71. The summed E-state index contributed by atoms with van der Waals surface area (Å²) in [6.45, 7) is -0.167. The number of nitrogens with one attached hydrogen (secondary N) is 1. The quantitative estimate of drug-likeness (QED) is 0.795. The van der Waals surface area contributed by atoms with Crippen molar-refractivity contribution in [2.75, 3.05) is 13.6 Å². The highest BCUT2D eigenvalue weighted by Gasteiger charge is 2.39. The molecule has 1 aliphatic carbocycles. The molecule has 1 aromatic rings.